The van der Waals surface area contributed by atoms with Crippen LogP contribution < -0.4 is 10.9 Å². The van der Waals surface area contributed by atoms with Crippen LogP contribution in [-0.4, -0.2) is 45.4 Å². The van der Waals surface area contributed by atoms with Gasteiger partial charge in [-0.3, -0.25) is 19.0 Å². The van der Waals surface area contributed by atoms with E-state index >= 15 is 0 Å². The molecule has 2 N–H and O–H groups in total. The van der Waals surface area contributed by atoms with E-state index in [1.807, 2.05) is 18.7 Å². The summed E-state index contributed by atoms with van der Waals surface area (Å²) in [6.45, 7) is 5.82. The summed E-state index contributed by atoms with van der Waals surface area (Å²) in [5.41, 5.74) is 0.862. The number of amides is 2. The summed E-state index contributed by atoms with van der Waals surface area (Å²) in [6.07, 6.45) is 3.03. The van der Waals surface area contributed by atoms with Crippen LogP contribution in [0.5, 0.6) is 0 Å². The summed E-state index contributed by atoms with van der Waals surface area (Å²) in [7, 11) is 0. The van der Waals surface area contributed by atoms with Crippen LogP contribution in [0.1, 0.15) is 49.9 Å². The van der Waals surface area contributed by atoms with Crippen LogP contribution in [-0.2, 0) is 11.3 Å². The van der Waals surface area contributed by atoms with Crippen molar-refractivity contribution in [3.63, 3.8) is 0 Å². The second-order valence-electron chi connectivity index (χ2n) is 7.27. The quantitative estimate of drug-likeness (QED) is 0.697. The standard InChI is InChI=1S/C20H26N4O3S/c1-3-13(2)21-18(26)14-7-8-15-16(12-14)22-20(28)24(19(15)27)11-5-10-23-9-4-6-17(23)25/h7-8,12-13H,3-6,9-11H2,1-2H3,(H,21,26)(H,22,28). The molecule has 1 fully saturated rings. The van der Waals surface area contributed by atoms with Gasteiger partial charge in [-0.1, -0.05) is 6.92 Å². The van der Waals surface area contributed by atoms with Gasteiger partial charge in [0.05, 0.1) is 10.9 Å². The Morgan fingerprint density at radius 3 is 2.79 bits per heavy atom. The third kappa shape index (κ3) is 4.32. The van der Waals surface area contributed by atoms with E-state index in [0.717, 1.165) is 19.4 Å². The number of hydrogen-bond donors (Lipinski definition) is 2. The zero-order valence-electron chi connectivity index (χ0n) is 16.3. The Balaban J connectivity index is 1.79. The van der Waals surface area contributed by atoms with Crippen LogP contribution in [0.25, 0.3) is 10.9 Å². The topological polar surface area (TPSA) is 87.2 Å². The maximum atomic E-state index is 12.8. The smallest absolute Gasteiger partial charge is 0.262 e. The van der Waals surface area contributed by atoms with E-state index < -0.39 is 0 Å². The van der Waals surface area contributed by atoms with Gasteiger partial charge in [0, 0.05) is 37.7 Å². The molecule has 0 saturated carbocycles. The lowest BCUT2D eigenvalue weighted by atomic mass is 10.1. The second kappa shape index (κ2) is 8.68. The molecule has 1 aliphatic heterocycles. The fraction of sp³-hybridized carbons (Fsp3) is 0.500. The molecule has 0 spiro atoms. The average Bonchev–Trinajstić information content (AvgIpc) is 3.08. The Hall–Kier alpha value is -2.48. The molecule has 1 atom stereocenters. The highest BCUT2D eigenvalue weighted by Crippen LogP contribution is 2.13. The molecule has 3 rings (SSSR count). The highest BCUT2D eigenvalue weighted by Gasteiger charge is 2.19. The summed E-state index contributed by atoms with van der Waals surface area (Å²) in [4.78, 5) is 41.8. The Morgan fingerprint density at radius 1 is 1.32 bits per heavy atom. The van der Waals surface area contributed by atoms with Crippen molar-refractivity contribution in [3.05, 3.63) is 38.9 Å². The normalized spacial score (nSPS) is 15.2. The molecule has 1 saturated heterocycles. The van der Waals surface area contributed by atoms with Gasteiger partial charge in [0.15, 0.2) is 4.77 Å². The van der Waals surface area contributed by atoms with Gasteiger partial charge in [-0.2, -0.15) is 0 Å². The summed E-state index contributed by atoms with van der Waals surface area (Å²) in [6, 6.07) is 5.06. The van der Waals surface area contributed by atoms with E-state index in [-0.39, 0.29) is 23.4 Å². The number of H-pyrrole nitrogens is 1. The molecule has 0 aliphatic carbocycles. The lowest BCUT2D eigenvalue weighted by Crippen LogP contribution is -2.32. The number of nitrogens with zero attached hydrogens (tertiary/aromatic N) is 2. The summed E-state index contributed by atoms with van der Waals surface area (Å²) >= 11 is 5.36. The second-order valence-corrected chi connectivity index (χ2v) is 7.65. The predicted octanol–water partition coefficient (Wildman–Crippen LogP) is 2.60. The number of aromatic amines is 1. The Morgan fingerprint density at radius 2 is 2.11 bits per heavy atom. The van der Waals surface area contributed by atoms with Crippen molar-refractivity contribution in [3.8, 4) is 0 Å². The Bertz CT molecular complexity index is 1010. The van der Waals surface area contributed by atoms with Crippen molar-refractivity contribution in [1.29, 1.82) is 0 Å². The molecular weight excluding hydrogens is 376 g/mol. The van der Waals surface area contributed by atoms with E-state index in [4.69, 9.17) is 12.2 Å². The van der Waals surface area contributed by atoms with Gasteiger partial charge in [-0.15, -0.1) is 0 Å². The highest BCUT2D eigenvalue weighted by atomic mass is 32.1. The minimum atomic E-state index is -0.180. The SMILES string of the molecule is CCC(C)NC(=O)c1ccc2c(=O)n(CCCN3CCCC3=O)c(=S)[nH]c2c1. The van der Waals surface area contributed by atoms with E-state index in [2.05, 4.69) is 10.3 Å². The van der Waals surface area contributed by atoms with Crippen molar-refractivity contribution < 1.29 is 9.59 Å². The molecule has 1 aromatic carbocycles. The molecule has 2 heterocycles. The van der Waals surface area contributed by atoms with Gasteiger partial charge >= 0.3 is 0 Å². The van der Waals surface area contributed by atoms with Crippen molar-refractivity contribution in [2.45, 2.75) is 52.1 Å². The van der Waals surface area contributed by atoms with Crippen LogP contribution in [0, 0.1) is 4.77 Å². The highest BCUT2D eigenvalue weighted by molar-refractivity contribution is 7.71. The van der Waals surface area contributed by atoms with E-state index in [1.54, 1.807) is 18.2 Å². The fourth-order valence-corrected chi connectivity index (χ4v) is 3.65. The molecule has 1 aromatic heterocycles. The van der Waals surface area contributed by atoms with Gasteiger partial charge in [-0.25, -0.2) is 0 Å². The van der Waals surface area contributed by atoms with Crippen LogP contribution in [0.4, 0.5) is 0 Å². The number of aromatic nitrogens is 2. The molecular formula is C20H26N4O3S. The van der Waals surface area contributed by atoms with Crippen LogP contribution in [0.3, 0.4) is 0 Å². The maximum absolute atomic E-state index is 12.8. The molecule has 2 aromatic rings. The van der Waals surface area contributed by atoms with Crippen LogP contribution in [0.2, 0.25) is 0 Å². The molecule has 150 valence electrons. The summed E-state index contributed by atoms with van der Waals surface area (Å²) in [5, 5.41) is 3.41. The predicted molar refractivity (Wildman–Crippen MR) is 111 cm³/mol. The maximum Gasteiger partial charge on any atom is 0.262 e. The summed E-state index contributed by atoms with van der Waals surface area (Å²) < 4.78 is 1.85. The number of fused-ring (bicyclic) bond motifs is 1. The molecule has 7 nitrogen and oxygen atoms in total. The first-order valence-corrected chi connectivity index (χ1v) is 10.2. The van der Waals surface area contributed by atoms with Crippen molar-refractivity contribution in [2.75, 3.05) is 13.1 Å². The van der Waals surface area contributed by atoms with Gasteiger partial charge in [-0.05, 0) is 56.6 Å². The van der Waals surface area contributed by atoms with Crippen molar-refractivity contribution >= 4 is 34.9 Å². The molecule has 0 radical (unpaired) electrons. The van der Waals surface area contributed by atoms with Crippen molar-refractivity contribution in [2.24, 2.45) is 0 Å². The molecule has 8 heteroatoms. The first kappa shape index (κ1) is 20.3. The molecule has 2 amide bonds. The van der Waals surface area contributed by atoms with Crippen molar-refractivity contribution in [1.82, 2.24) is 19.8 Å². The third-order valence-corrected chi connectivity index (χ3v) is 5.54. The lowest BCUT2D eigenvalue weighted by molar-refractivity contribution is -0.127. The Labute approximate surface area is 168 Å². The van der Waals surface area contributed by atoms with Crippen LogP contribution in [0.15, 0.2) is 23.0 Å². The van der Waals surface area contributed by atoms with Gasteiger partial charge in [0.2, 0.25) is 5.91 Å². The Kier molecular flexibility index (Phi) is 6.28. The van der Waals surface area contributed by atoms with Gasteiger partial charge in [0.25, 0.3) is 11.5 Å². The number of carbonyl (C=O) groups excluding carboxylic acids is 2. The number of benzene rings is 1. The number of likely N-dealkylation sites (tertiary alicyclic amines) is 1. The van der Waals surface area contributed by atoms with E-state index in [9.17, 15) is 14.4 Å². The first-order valence-electron chi connectivity index (χ1n) is 9.76. The zero-order valence-corrected chi connectivity index (χ0v) is 17.1. The minimum absolute atomic E-state index is 0.0807. The average molecular weight is 403 g/mol. The van der Waals surface area contributed by atoms with Gasteiger partial charge < -0.3 is 15.2 Å². The van der Waals surface area contributed by atoms with Crippen LogP contribution >= 0.6 is 12.2 Å². The third-order valence-electron chi connectivity index (χ3n) is 5.22. The monoisotopic (exact) mass is 402 g/mol. The number of hydrogen-bond acceptors (Lipinski definition) is 4. The molecule has 1 unspecified atom stereocenters. The van der Waals surface area contributed by atoms with E-state index in [0.29, 0.717) is 47.2 Å². The fourth-order valence-electron chi connectivity index (χ4n) is 3.37. The van der Waals surface area contributed by atoms with Gasteiger partial charge in [0.1, 0.15) is 0 Å². The number of nitrogens with one attached hydrogen (secondary N) is 2. The lowest BCUT2D eigenvalue weighted by Gasteiger charge is -2.16. The summed E-state index contributed by atoms with van der Waals surface area (Å²) in [5.74, 6) is 0.00856. The largest absolute Gasteiger partial charge is 0.350 e. The number of carbonyl (C=O) groups is 2. The number of rotatable bonds is 7. The minimum Gasteiger partial charge on any atom is -0.350 e. The molecule has 0 bridgehead atoms. The molecule has 1 aliphatic rings. The molecule has 28 heavy (non-hydrogen) atoms. The zero-order chi connectivity index (χ0) is 20.3. The van der Waals surface area contributed by atoms with E-state index in [1.165, 1.54) is 4.57 Å². The first-order chi connectivity index (χ1) is 13.4.